The van der Waals surface area contributed by atoms with Gasteiger partial charge in [-0.05, 0) is 31.9 Å². The van der Waals surface area contributed by atoms with Gasteiger partial charge in [-0.3, -0.25) is 0 Å². The minimum absolute atomic E-state index is 0.181. The highest BCUT2D eigenvalue weighted by Gasteiger charge is 2.59. The van der Waals surface area contributed by atoms with E-state index < -0.39 is 0 Å². The van der Waals surface area contributed by atoms with Crippen molar-refractivity contribution < 1.29 is 9.53 Å². The number of aryl methyl sites for hydroxylation is 1. The number of hydrogen-bond donors (Lipinski definition) is 0. The van der Waals surface area contributed by atoms with Crippen molar-refractivity contribution in [3.63, 3.8) is 0 Å². The number of carbonyl (C=O) groups excluding carboxylic acids is 1. The van der Waals surface area contributed by atoms with Gasteiger partial charge in [0.25, 0.3) is 0 Å². The molecule has 0 unspecified atom stereocenters. The van der Waals surface area contributed by atoms with E-state index in [-0.39, 0.29) is 17.2 Å². The smallest absolute Gasteiger partial charge is 0.410 e. The number of amides is 1. The third kappa shape index (κ3) is 2.52. The van der Waals surface area contributed by atoms with Gasteiger partial charge in [-0.1, -0.05) is 18.2 Å². The molecule has 0 atom stereocenters. The van der Waals surface area contributed by atoms with Gasteiger partial charge >= 0.3 is 6.09 Å². The number of piperidine rings is 1. The molecule has 2 fully saturated rings. The maximum atomic E-state index is 12.1. The van der Waals surface area contributed by atoms with Crippen molar-refractivity contribution in [2.75, 3.05) is 26.7 Å². The first-order chi connectivity index (χ1) is 12.3. The molecule has 0 aliphatic carbocycles. The molecule has 5 nitrogen and oxygen atoms in total. The summed E-state index contributed by atoms with van der Waals surface area (Å²) in [6.07, 6.45) is 4.95. The summed E-state index contributed by atoms with van der Waals surface area (Å²) < 4.78 is 8.06. The summed E-state index contributed by atoms with van der Waals surface area (Å²) in [6, 6.07) is 8.60. The predicted molar refractivity (Wildman–Crippen MR) is 103 cm³/mol. The number of likely N-dealkylation sites (tertiary alicyclic amines) is 1. The van der Waals surface area contributed by atoms with Crippen LogP contribution in [0.5, 0.6) is 0 Å². The highest BCUT2D eigenvalue weighted by atomic mass is 16.6. The molecule has 2 saturated heterocycles. The van der Waals surface area contributed by atoms with Gasteiger partial charge in [-0.25, -0.2) is 4.79 Å². The Labute approximate surface area is 155 Å². The average Bonchev–Trinajstić information content (AvgIpc) is 3.03. The fourth-order valence-corrected chi connectivity index (χ4v) is 4.65. The van der Waals surface area contributed by atoms with Crippen molar-refractivity contribution >= 4 is 17.0 Å². The number of likely N-dealkylation sites (N-methyl/N-ethyl adjacent to an activating group) is 1. The number of rotatable bonds is 3. The van der Waals surface area contributed by atoms with Crippen molar-refractivity contribution in [2.45, 2.75) is 44.2 Å². The average molecular weight is 355 g/mol. The van der Waals surface area contributed by atoms with Crippen LogP contribution < -0.4 is 0 Å². The molecule has 2 aliphatic heterocycles. The summed E-state index contributed by atoms with van der Waals surface area (Å²) in [4.78, 5) is 16.3. The number of nitrogens with zero attached hydrogens (tertiary/aromatic N) is 3. The molecular weight excluding hydrogens is 326 g/mol. The summed E-state index contributed by atoms with van der Waals surface area (Å²) in [6.45, 7) is 7.27. The molecule has 1 aromatic heterocycles. The zero-order valence-electron chi connectivity index (χ0n) is 16.3. The molecule has 0 bridgehead atoms. The first kappa shape index (κ1) is 17.4. The van der Waals surface area contributed by atoms with Gasteiger partial charge in [-0.15, -0.1) is 0 Å². The zero-order chi connectivity index (χ0) is 18.5. The molecule has 2 aromatic rings. The number of para-hydroxylation sites is 1. The van der Waals surface area contributed by atoms with Crippen LogP contribution in [0.2, 0.25) is 0 Å². The lowest BCUT2D eigenvalue weighted by molar-refractivity contribution is -0.0477. The van der Waals surface area contributed by atoms with Crippen LogP contribution >= 0.6 is 0 Å². The second-order valence-electron chi connectivity index (χ2n) is 8.35. The molecule has 140 valence electrons. The Morgan fingerprint density at radius 2 is 1.81 bits per heavy atom. The molecule has 1 amide bonds. The van der Waals surface area contributed by atoms with E-state index in [1.165, 1.54) is 16.5 Å². The second kappa shape index (κ2) is 6.02. The summed E-state index contributed by atoms with van der Waals surface area (Å²) in [5, 5.41) is 1.36. The van der Waals surface area contributed by atoms with Gasteiger partial charge in [0, 0.05) is 63.7 Å². The number of fused-ring (bicyclic) bond motifs is 1. The maximum absolute atomic E-state index is 12.1. The van der Waals surface area contributed by atoms with E-state index in [1.54, 1.807) is 4.90 Å². The predicted octanol–water partition coefficient (Wildman–Crippen LogP) is 3.42. The van der Waals surface area contributed by atoms with Crippen LogP contribution in [0.4, 0.5) is 4.79 Å². The lowest BCUT2D eigenvalue weighted by Gasteiger charge is -2.45. The van der Waals surface area contributed by atoms with Crippen LogP contribution in [-0.2, 0) is 18.2 Å². The Kier molecular flexibility index (Phi) is 4.03. The van der Waals surface area contributed by atoms with Crippen molar-refractivity contribution in [1.82, 2.24) is 14.4 Å². The minimum atomic E-state index is -0.339. The first-order valence-electron chi connectivity index (χ1n) is 9.56. The molecule has 0 saturated carbocycles. The van der Waals surface area contributed by atoms with Crippen LogP contribution in [0.3, 0.4) is 0 Å². The highest BCUT2D eigenvalue weighted by molar-refractivity contribution is 5.83. The fourth-order valence-electron chi connectivity index (χ4n) is 4.65. The van der Waals surface area contributed by atoms with Crippen molar-refractivity contribution in [1.29, 1.82) is 0 Å². The van der Waals surface area contributed by atoms with Gasteiger partial charge in [0.15, 0.2) is 0 Å². The molecule has 1 aromatic carbocycles. The fraction of sp³-hybridized carbons (Fsp3) is 0.571. The standard InChI is InChI=1S/C21H29N3O2/c1-20(2)21(26-19(25)23(20)4)10-13-24(14-11-21)12-9-16-15-22(3)18-8-6-5-7-17(16)18/h5-8,15H,9-14H2,1-4H3. The topological polar surface area (TPSA) is 37.7 Å². The van der Waals surface area contributed by atoms with Gasteiger partial charge < -0.3 is 19.1 Å². The zero-order valence-corrected chi connectivity index (χ0v) is 16.3. The van der Waals surface area contributed by atoms with Crippen LogP contribution in [0.15, 0.2) is 30.5 Å². The van der Waals surface area contributed by atoms with E-state index in [1.807, 2.05) is 7.05 Å². The van der Waals surface area contributed by atoms with E-state index in [0.29, 0.717) is 0 Å². The third-order valence-electron chi connectivity index (χ3n) is 6.85. The van der Waals surface area contributed by atoms with Crippen molar-refractivity contribution in [3.8, 4) is 0 Å². The van der Waals surface area contributed by atoms with E-state index >= 15 is 0 Å². The normalized spacial score (nSPS) is 22.3. The van der Waals surface area contributed by atoms with Gasteiger partial charge in [0.2, 0.25) is 0 Å². The Balaban J connectivity index is 1.41. The van der Waals surface area contributed by atoms with Crippen LogP contribution in [0.1, 0.15) is 32.3 Å². The number of hydrogen-bond acceptors (Lipinski definition) is 3. The monoisotopic (exact) mass is 355 g/mol. The number of aromatic nitrogens is 1. The van der Waals surface area contributed by atoms with Crippen molar-refractivity contribution in [2.24, 2.45) is 7.05 Å². The molecule has 26 heavy (non-hydrogen) atoms. The third-order valence-corrected chi connectivity index (χ3v) is 6.85. The summed E-state index contributed by atoms with van der Waals surface area (Å²) >= 11 is 0. The Hall–Kier alpha value is -2.01. The largest absolute Gasteiger partial charge is 0.440 e. The Bertz CT molecular complexity index is 831. The van der Waals surface area contributed by atoms with Crippen LogP contribution in [0, 0.1) is 0 Å². The minimum Gasteiger partial charge on any atom is -0.440 e. The van der Waals surface area contributed by atoms with Crippen molar-refractivity contribution in [3.05, 3.63) is 36.0 Å². The van der Waals surface area contributed by atoms with Gasteiger partial charge in [-0.2, -0.15) is 0 Å². The summed E-state index contributed by atoms with van der Waals surface area (Å²) in [5.74, 6) is 0. The Morgan fingerprint density at radius 1 is 1.12 bits per heavy atom. The van der Waals surface area contributed by atoms with E-state index in [9.17, 15) is 4.79 Å². The Morgan fingerprint density at radius 3 is 2.46 bits per heavy atom. The van der Waals surface area contributed by atoms with E-state index in [0.717, 1.165) is 38.9 Å². The molecule has 4 rings (SSSR count). The molecule has 3 heterocycles. The van der Waals surface area contributed by atoms with E-state index in [2.05, 4.69) is 60.8 Å². The van der Waals surface area contributed by atoms with Gasteiger partial charge in [0.1, 0.15) is 5.60 Å². The van der Waals surface area contributed by atoms with E-state index in [4.69, 9.17) is 4.74 Å². The molecule has 0 radical (unpaired) electrons. The SMILES string of the molecule is CN1C(=O)OC2(CCN(CCc3cn(C)c4ccccc34)CC2)C1(C)C. The molecule has 5 heteroatoms. The maximum Gasteiger partial charge on any atom is 0.410 e. The molecule has 1 spiro atoms. The molecular formula is C21H29N3O2. The lowest BCUT2D eigenvalue weighted by atomic mass is 9.75. The van der Waals surface area contributed by atoms with Crippen LogP contribution in [0.25, 0.3) is 10.9 Å². The summed E-state index contributed by atoms with van der Waals surface area (Å²) in [5.41, 5.74) is 2.12. The number of carbonyl (C=O) groups is 1. The van der Waals surface area contributed by atoms with Crippen LogP contribution in [-0.4, -0.2) is 58.3 Å². The first-order valence-corrected chi connectivity index (χ1v) is 9.56. The van der Waals surface area contributed by atoms with Gasteiger partial charge in [0.05, 0.1) is 5.54 Å². The quantitative estimate of drug-likeness (QED) is 0.847. The summed E-state index contributed by atoms with van der Waals surface area (Å²) in [7, 11) is 3.97. The number of ether oxygens (including phenoxy) is 1. The second-order valence-corrected chi connectivity index (χ2v) is 8.35. The molecule has 0 N–H and O–H groups in total. The highest BCUT2D eigenvalue weighted by Crippen LogP contribution is 2.45. The molecule has 2 aliphatic rings. The lowest BCUT2D eigenvalue weighted by Crippen LogP contribution is -2.58. The number of benzene rings is 1.